The molecule has 2 aliphatic rings. The molecule has 37 heavy (non-hydrogen) atoms. The van der Waals surface area contributed by atoms with Crippen LogP contribution in [0.2, 0.25) is 5.02 Å². The largest absolute Gasteiger partial charge is 0.393 e. The molecule has 2 saturated carbocycles. The summed E-state index contributed by atoms with van der Waals surface area (Å²) < 4.78 is 31.1. The van der Waals surface area contributed by atoms with E-state index in [-0.39, 0.29) is 40.8 Å². The van der Waals surface area contributed by atoms with Crippen molar-refractivity contribution < 1.29 is 18.7 Å². The first kappa shape index (κ1) is 25.6. The van der Waals surface area contributed by atoms with E-state index < -0.39 is 17.0 Å². The van der Waals surface area contributed by atoms with Crippen LogP contribution in [0.4, 0.5) is 26.4 Å². The van der Waals surface area contributed by atoms with Crippen LogP contribution in [0.3, 0.4) is 0 Å². The minimum atomic E-state index is -0.849. The summed E-state index contributed by atoms with van der Waals surface area (Å²) in [4.78, 5) is 25.7. The van der Waals surface area contributed by atoms with Gasteiger partial charge in [0, 0.05) is 22.5 Å². The zero-order valence-corrected chi connectivity index (χ0v) is 21.2. The number of aliphatic hydroxyl groups excluding tert-OH is 1. The topological polar surface area (TPSA) is 131 Å². The molecule has 2 fully saturated rings. The molecule has 0 bridgehead atoms. The van der Waals surface area contributed by atoms with Crippen LogP contribution in [0.5, 0.6) is 0 Å². The predicted molar refractivity (Wildman–Crippen MR) is 137 cm³/mol. The van der Waals surface area contributed by atoms with Gasteiger partial charge in [0.15, 0.2) is 17.3 Å². The minimum Gasteiger partial charge on any atom is -0.393 e. The molecule has 2 heterocycles. The normalized spacial score (nSPS) is 26.2. The highest BCUT2D eigenvalue weighted by atomic mass is 35.5. The Balaban J connectivity index is 1.52. The molecule has 1 aromatic carbocycles. The summed E-state index contributed by atoms with van der Waals surface area (Å²) in [6.45, 7) is 1.86. The summed E-state index contributed by atoms with van der Waals surface area (Å²) in [5, 5.41) is 16.1. The van der Waals surface area contributed by atoms with Gasteiger partial charge in [0.05, 0.1) is 12.3 Å². The number of nitrogens with zero attached hydrogens (tertiary/aromatic N) is 4. The number of rotatable bonds is 6. The Morgan fingerprint density at radius 1 is 1.19 bits per heavy atom. The maximum absolute atomic E-state index is 14.6. The van der Waals surface area contributed by atoms with Gasteiger partial charge in [-0.3, -0.25) is 9.36 Å². The Morgan fingerprint density at radius 2 is 1.89 bits per heavy atom. The van der Waals surface area contributed by atoms with E-state index in [9.17, 15) is 18.7 Å². The van der Waals surface area contributed by atoms with E-state index in [1.165, 1.54) is 0 Å². The van der Waals surface area contributed by atoms with Crippen LogP contribution < -0.4 is 16.4 Å². The summed E-state index contributed by atoms with van der Waals surface area (Å²) in [6.07, 6.45) is 6.73. The molecule has 0 saturated heterocycles. The van der Waals surface area contributed by atoms with Gasteiger partial charge in [-0.15, -0.1) is 0 Å². The van der Waals surface area contributed by atoms with Gasteiger partial charge in [0.25, 0.3) is 0 Å². The van der Waals surface area contributed by atoms with Crippen molar-refractivity contribution in [3.63, 3.8) is 0 Å². The predicted octanol–water partition coefficient (Wildman–Crippen LogP) is 4.82. The number of nitrogens with two attached hydrogens (primary N) is 1. The van der Waals surface area contributed by atoms with Gasteiger partial charge in [-0.05, 0) is 63.5 Å². The fourth-order valence-electron chi connectivity index (χ4n) is 5.39. The first-order valence-corrected chi connectivity index (χ1v) is 12.9. The highest BCUT2D eigenvalue weighted by Crippen LogP contribution is 2.43. The number of hydrogen-bond acceptors (Lipinski definition) is 7. The van der Waals surface area contributed by atoms with Crippen molar-refractivity contribution >= 4 is 46.3 Å². The molecule has 3 aromatic rings. The van der Waals surface area contributed by atoms with Crippen LogP contribution in [-0.4, -0.2) is 42.7 Å². The van der Waals surface area contributed by atoms with Crippen molar-refractivity contribution in [3.05, 3.63) is 35.0 Å². The van der Waals surface area contributed by atoms with Crippen molar-refractivity contribution in [2.75, 3.05) is 10.6 Å². The molecule has 2 atom stereocenters. The summed E-state index contributed by atoms with van der Waals surface area (Å²) in [7, 11) is 0. The number of halogens is 3. The smallest absolute Gasteiger partial charge is 0.224 e. The van der Waals surface area contributed by atoms with Crippen molar-refractivity contribution in [2.24, 2.45) is 11.1 Å². The summed E-state index contributed by atoms with van der Waals surface area (Å²) in [5.74, 6) is -1.44. The number of anilines is 3. The third kappa shape index (κ3) is 5.19. The van der Waals surface area contributed by atoms with Gasteiger partial charge < -0.3 is 21.5 Å². The number of fused-ring (bicyclic) bond motifs is 1. The Morgan fingerprint density at radius 3 is 2.54 bits per heavy atom. The Labute approximate surface area is 217 Å². The Bertz CT molecular complexity index is 1300. The first-order chi connectivity index (χ1) is 17.6. The fourth-order valence-corrected chi connectivity index (χ4v) is 5.58. The van der Waals surface area contributed by atoms with Gasteiger partial charge in [-0.1, -0.05) is 18.5 Å². The number of hydrogen-bond donors (Lipinski definition) is 4. The quantitative estimate of drug-likeness (QED) is 0.357. The molecule has 2 aromatic heterocycles. The number of nitrogens with one attached hydrogen (secondary N) is 2. The highest BCUT2D eigenvalue weighted by Gasteiger charge is 2.38. The molecule has 0 radical (unpaired) electrons. The Kier molecular flexibility index (Phi) is 6.93. The SMILES string of the molecule is C[C@]1(C(N)=O)CC[C@H](n2c(Nc3c(F)cc(Cl)cc3F)nc3cnc(N[C@H]4CCC[C@@H](O)C4)nc32)CC1. The molecule has 198 valence electrons. The van der Waals surface area contributed by atoms with Gasteiger partial charge in [-0.25, -0.2) is 18.7 Å². The molecule has 0 unspecified atom stereocenters. The lowest BCUT2D eigenvalue weighted by atomic mass is 9.73. The second kappa shape index (κ2) is 10.0. The summed E-state index contributed by atoms with van der Waals surface area (Å²) in [5.41, 5.74) is 5.61. The van der Waals surface area contributed by atoms with E-state index in [1.807, 2.05) is 11.5 Å². The number of amides is 1. The highest BCUT2D eigenvalue weighted by molar-refractivity contribution is 6.30. The molecule has 5 rings (SSSR count). The van der Waals surface area contributed by atoms with E-state index in [0.29, 0.717) is 49.2 Å². The van der Waals surface area contributed by atoms with Gasteiger partial charge in [-0.2, -0.15) is 4.98 Å². The van der Waals surface area contributed by atoms with Crippen LogP contribution in [-0.2, 0) is 4.79 Å². The zero-order valence-electron chi connectivity index (χ0n) is 20.5. The second-order valence-electron chi connectivity index (χ2n) is 10.4. The molecule has 9 nitrogen and oxygen atoms in total. The average Bonchev–Trinajstić information content (AvgIpc) is 3.19. The number of carbonyl (C=O) groups is 1. The minimum absolute atomic E-state index is 0.0402. The lowest BCUT2D eigenvalue weighted by Gasteiger charge is -2.35. The third-order valence-electron chi connectivity index (χ3n) is 7.67. The molecule has 5 N–H and O–H groups in total. The molecule has 2 aliphatic carbocycles. The fraction of sp³-hybridized carbons (Fsp3) is 0.520. The average molecular weight is 534 g/mol. The zero-order chi connectivity index (χ0) is 26.3. The van der Waals surface area contributed by atoms with Crippen molar-refractivity contribution in [2.45, 2.75) is 76.5 Å². The number of aromatic nitrogens is 4. The first-order valence-electron chi connectivity index (χ1n) is 12.5. The van der Waals surface area contributed by atoms with Crippen LogP contribution in [0.1, 0.15) is 64.3 Å². The summed E-state index contributed by atoms with van der Waals surface area (Å²) >= 11 is 5.79. The van der Waals surface area contributed by atoms with Crippen LogP contribution in [0.15, 0.2) is 18.3 Å². The van der Waals surface area contributed by atoms with E-state index in [2.05, 4.69) is 20.6 Å². The molecule has 1 amide bonds. The van der Waals surface area contributed by atoms with Gasteiger partial charge >= 0.3 is 0 Å². The van der Waals surface area contributed by atoms with Gasteiger partial charge in [0.2, 0.25) is 17.8 Å². The van der Waals surface area contributed by atoms with Crippen molar-refractivity contribution in [3.8, 4) is 0 Å². The van der Waals surface area contributed by atoms with E-state index in [1.54, 1.807) is 6.20 Å². The van der Waals surface area contributed by atoms with E-state index >= 15 is 0 Å². The number of primary amides is 1. The van der Waals surface area contributed by atoms with Crippen LogP contribution in [0, 0.1) is 17.0 Å². The Hall–Kier alpha value is -3.05. The van der Waals surface area contributed by atoms with Crippen molar-refractivity contribution in [1.29, 1.82) is 0 Å². The molecule has 12 heteroatoms. The maximum atomic E-state index is 14.6. The monoisotopic (exact) mass is 533 g/mol. The van der Waals surface area contributed by atoms with Crippen molar-refractivity contribution in [1.82, 2.24) is 19.5 Å². The van der Waals surface area contributed by atoms with Crippen LogP contribution in [0.25, 0.3) is 11.2 Å². The standard InChI is InChI=1S/C25H30ClF2N7O2/c1-25(22(29)37)7-5-15(6-8-25)35-21-19(12-30-23(34-21)31-14-3-2-4-16(36)11-14)32-24(35)33-20-17(27)9-13(26)10-18(20)28/h9-10,12,14-16,36H,2-8,11H2,1H3,(H2,29,37)(H,32,33)(H,30,31,34)/t14-,15-,16+,25-/m0/s1. The maximum Gasteiger partial charge on any atom is 0.224 e. The molecular formula is C25H30ClF2N7O2. The van der Waals surface area contributed by atoms with E-state index in [4.69, 9.17) is 22.3 Å². The second-order valence-corrected chi connectivity index (χ2v) is 10.8. The van der Waals surface area contributed by atoms with E-state index in [0.717, 1.165) is 31.4 Å². The lowest BCUT2D eigenvalue weighted by molar-refractivity contribution is -0.128. The number of benzene rings is 1. The summed E-state index contributed by atoms with van der Waals surface area (Å²) in [6, 6.07) is 1.95. The van der Waals surface area contributed by atoms with Crippen LogP contribution >= 0.6 is 11.6 Å². The molecular weight excluding hydrogens is 504 g/mol. The number of carbonyl (C=O) groups excluding carboxylic acids is 1. The lowest BCUT2D eigenvalue weighted by Crippen LogP contribution is -2.38. The molecule has 0 spiro atoms. The number of aliphatic hydroxyl groups is 1. The molecule has 0 aliphatic heterocycles. The third-order valence-corrected chi connectivity index (χ3v) is 7.89. The number of imidazole rings is 1. The van der Waals surface area contributed by atoms with Gasteiger partial charge in [0.1, 0.15) is 11.2 Å².